The Hall–Kier alpha value is -1.50. The standard InChI is InChI=1S/C19H27N3O3/c23-19(21-12-14-5-9-24-10-6-14)18-11-16-17(25-18)4-8-22(16)13-15-3-1-2-7-20-15/h1-3,7,14,16-18H,4-6,8-13H2,(H,21,23)/t16-,17-,18+/m1/s1. The van der Waals surface area contributed by atoms with Gasteiger partial charge in [-0.15, -0.1) is 0 Å². The lowest BCUT2D eigenvalue weighted by atomic mass is 10.0. The van der Waals surface area contributed by atoms with Crippen LogP contribution in [0.25, 0.3) is 0 Å². The minimum Gasteiger partial charge on any atom is -0.381 e. The fraction of sp³-hybridized carbons (Fsp3) is 0.684. The minimum absolute atomic E-state index is 0.0543. The van der Waals surface area contributed by atoms with E-state index < -0.39 is 0 Å². The molecule has 4 rings (SSSR count). The van der Waals surface area contributed by atoms with Gasteiger partial charge >= 0.3 is 0 Å². The van der Waals surface area contributed by atoms with Crippen LogP contribution in [0.5, 0.6) is 0 Å². The molecule has 0 aliphatic carbocycles. The Bertz CT molecular complexity index is 577. The second-order valence-corrected chi connectivity index (χ2v) is 7.35. The number of likely N-dealkylation sites (tertiary alicyclic amines) is 1. The molecule has 25 heavy (non-hydrogen) atoms. The molecule has 0 saturated carbocycles. The maximum absolute atomic E-state index is 12.5. The number of carbonyl (C=O) groups excluding carboxylic acids is 1. The zero-order chi connectivity index (χ0) is 17.1. The molecule has 0 spiro atoms. The van der Waals surface area contributed by atoms with Crippen molar-refractivity contribution >= 4 is 5.91 Å². The van der Waals surface area contributed by atoms with E-state index in [4.69, 9.17) is 9.47 Å². The second-order valence-electron chi connectivity index (χ2n) is 7.35. The monoisotopic (exact) mass is 345 g/mol. The number of nitrogens with one attached hydrogen (secondary N) is 1. The number of ether oxygens (including phenoxy) is 2. The van der Waals surface area contributed by atoms with Crippen LogP contribution in [-0.2, 0) is 20.8 Å². The molecule has 1 aromatic rings. The van der Waals surface area contributed by atoms with Crippen LogP contribution in [0.4, 0.5) is 0 Å². The highest BCUT2D eigenvalue weighted by Gasteiger charge is 2.45. The maximum Gasteiger partial charge on any atom is 0.249 e. The van der Waals surface area contributed by atoms with E-state index in [2.05, 4.69) is 21.3 Å². The van der Waals surface area contributed by atoms with E-state index >= 15 is 0 Å². The Labute approximate surface area is 148 Å². The first-order valence-corrected chi connectivity index (χ1v) is 9.44. The van der Waals surface area contributed by atoms with Gasteiger partial charge in [0.1, 0.15) is 6.10 Å². The smallest absolute Gasteiger partial charge is 0.249 e. The predicted octanol–water partition coefficient (Wildman–Crippen LogP) is 1.36. The number of fused-ring (bicyclic) bond motifs is 1. The van der Waals surface area contributed by atoms with Crippen molar-refractivity contribution in [2.75, 3.05) is 26.3 Å². The van der Waals surface area contributed by atoms with Gasteiger partial charge in [-0.2, -0.15) is 0 Å². The number of pyridine rings is 1. The zero-order valence-electron chi connectivity index (χ0n) is 14.6. The van der Waals surface area contributed by atoms with E-state index in [0.29, 0.717) is 12.0 Å². The number of rotatable bonds is 5. The van der Waals surface area contributed by atoms with Crippen LogP contribution in [0.15, 0.2) is 24.4 Å². The lowest BCUT2D eigenvalue weighted by Gasteiger charge is -2.23. The van der Waals surface area contributed by atoms with Crippen LogP contribution in [-0.4, -0.2) is 60.3 Å². The van der Waals surface area contributed by atoms with Crippen molar-refractivity contribution in [3.8, 4) is 0 Å². The van der Waals surface area contributed by atoms with Gasteiger partial charge in [0.2, 0.25) is 5.91 Å². The molecule has 0 aromatic carbocycles. The van der Waals surface area contributed by atoms with Gasteiger partial charge in [0.25, 0.3) is 0 Å². The third-order valence-corrected chi connectivity index (χ3v) is 5.68. The Morgan fingerprint density at radius 2 is 2.16 bits per heavy atom. The van der Waals surface area contributed by atoms with Crippen LogP contribution in [0.3, 0.4) is 0 Å². The summed E-state index contributed by atoms with van der Waals surface area (Å²) in [6.07, 6.45) is 5.58. The summed E-state index contributed by atoms with van der Waals surface area (Å²) in [5.41, 5.74) is 1.08. The molecule has 3 fully saturated rings. The fourth-order valence-corrected chi connectivity index (χ4v) is 4.21. The summed E-state index contributed by atoms with van der Waals surface area (Å²) < 4.78 is 11.4. The average molecular weight is 345 g/mol. The van der Waals surface area contributed by atoms with Crippen molar-refractivity contribution < 1.29 is 14.3 Å². The molecule has 1 aromatic heterocycles. The van der Waals surface area contributed by atoms with Gasteiger partial charge in [-0.3, -0.25) is 14.7 Å². The first kappa shape index (κ1) is 16.9. The molecular formula is C19H27N3O3. The van der Waals surface area contributed by atoms with Gasteiger partial charge in [-0.05, 0) is 37.3 Å². The summed E-state index contributed by atoms with van der Waals surface area (Å²) in [4.78, 5) is 19.3. The summed E-state index contributed by atoms with van der Waals surface area (Å²) in [5.74, 6) is 0.595. The van der Waals surface area contributed by atoms with E-state index in [1.165, 1.54) is 0 Å². The number of aromatic nitrogens is 1. The van der Waals surface area contributed by atoms with E-state index in [9.17, 15) is 4.79 Å². The Kier molecular flexibility index (Phi) is 5.29. The van der Waals surface area contributed by atoms with Crippen LogP contribution in [0.2, 0.25) is 0 Å². The summed E-state index contributed by atoms with van der Waals surface area (Å²) in [5, 5.41) is 3.10. The highest BCUT2D eigenvalue weighted by molar-refractivity contribution is 5.81. The average Bonchev–Trinajstić information content (AvgIpc) is 3.24. The van der Waals surface area contributed by atoms with Crippen molar-refractivity contribution in [2.45, 2.75) is 50.5 Å². The van der Waals surface area contributed by atoms with Gasteiger partial charge in [0.15, 0.2) is 0 Å². The molecule has 0 bridgehead atoms. The molecule has 4 heterocycles. The van der Waals surface area contributed by atoms with E-state index in [1.807, 2.05) is 18.3 Å². The fourth-order valence-electron chi connectivity index (χ4n) is 4.21. The molecular weight excluding hydrogens is 318 g/mol. The van der Waals surface area contributed by atoms with Gasteiger partial charge < -0.3 is 14.8 Å². The lowest BCUT2D eigenvalue weighted by Crippen LogP contribution is -2.39. The molecule has 6 nitrogen and oxygen atoms in total. The summed E-state index contributed by atoms with van der Waals surface area (Å²) in [6, 6.07) is 6.35. The largest absolute Gasteiger partial charge is 0.381 e. The maximum atomic E-state index is 12.5. The molecule has 1 amide bonds. The number of nitrogens with zero attached hydrogens (tertiary/aromatic N) is 2. The van der Waals surface area contributed by atoms with E-state index in [0.717, 1.165) is 64.2 Å². The van der Waals surface area contributed by atoms with Crippen molar-refractivity contribution in [1.82, 2.24) is 15.2 Å². The number of carbonyl (C=O) groups is 1. The highest BCUT2D eigenvalue weighted by atomic mass is 16.5. The second kappa shape index (κ2) is 7.81. The van der Waals surface area contributed by atoms with Gasteiger partial charge in [-0.25, -0.2) is 0 Å². The number of hydrogen-bond donors (Lipinski definition) is 1. The summed E-state index contributed by atoms with van der Waals surface area (Å²) in [7, 11) is 0. The first-order valence-electron chi connectivity index (χ1n) is 9.44. The van der Waals surface area contributed by atoms with Crippen LogP contribution < -0.4 is 5.32 Å². The normalized spacial score (nSPS) is 30.3. The lowest BCUT2D eigenvalue weighted by molar-refractivity contribution is -0.132. The molecule has 3 atom stereocenters. The Morgan fingerprint density at radius 3 is 2.96 bits per heavy atom. The van der Waals surface area contributed by atoms with Gasteiger partial charge in [-0.1, -0.05) is 6.07 Å². The van der Waals surface area contributed by atoms with Crippen molar-refractivity contribution in [2.24, 2.45) is 5.92 Å². The molecule has 0 radical (unpaired) electrons. The van der Waals surface area contributed by atoms with Crippen molar-refractivity contribution in [3.63, 3.8) is 0 Å². The first-order chi connectivity index (χ1) is 12.3. The predicted molar refractivity (Wildman–Crippen MR) is 92.9 cm³/mol. The molecule has 3 saturated heterocycles. The molecule has 6 heteroatoms. The SMILES string of the molecule is O=C(NCC1CCOCC1)[C@@H]1C[C@@H]2[C@@H](CCN2Cc2ccccn2)O1. The molecule has 0 unspecified atom stereocenters. The van der Waals surface area contributed by atoms with E-state index in [-0.39, 0.29) is 18.1 Å². The van der Waals surface area contributed by atoms with E-state index in [1.54, 1.807) is 0 Å². The Balaban J connectivity index is 1.27. The highest BCUT2D eigenvalue weighted by Crippen LogP contribution is 2.33. The molecule has 3 aliphatic heterocycles. The van der Waals surface area contributed by atoms with Gasteiger partial charge in [0, 0.05) is 51.5 Å². The molecule has 136 valence electrons. The number of amides is 1. The molecule has 3 aliphatic rings. The zero-order valence-corrected chi connectivity index (χ0v) is 14.6. The minimum atomic E-state index is -0.304. The topological polar surface area (TPSA) is 63.7 Å². The van der Waals surface area contributed by atoms with Crippen LogP contribution in [0.1, 0.15) is 31.4 Å². The third-order valence-electron chi connectivity index (χ3n) is 5.68. The molecule has 1 N–H and O–H groups in total. The third kappa shape index (κ3) is 4.02. The summed E-state index contributed by atoms with van der Waals surface area (Å²) >= 11 is 0. The van der Waals surface area contributed by atoms with Crippen molar-refractivity contribution in [1.29, 1.82) is 0 Å². The van der Waals surface area contributed by atoms with Gasteiger partial charge in [0.05, 0.1) is 11.8 Å². The van der Waals surface area contributed by atoms with Crippen molar-refractivity contribution in [3.05, 3.63) is 30.1 Å². The Morgan fingerprint density at radius 1 is 1.28 bits per heavy atom. The number of hydrogen-bond acceptors (Lipinski definition) is 5. The van der Waals surface area contributed by atoms with Crippen LogP contribution in [0, 0.1) is 5.92 Å². The quantitative estimate of drug-likeness (QED) is 0.873. The van der Waals surface area contributed by atoms with Crippen LogP contribution >= 0.6 is 0 Å². The summed E-state index contributed by atoms with van der Waals surface area (Å²) in [6.45, 7) is 4.22.